The summed E-state index contributed by atoms with van der Waals surface area (Å²) in [7, 11) is 0. The van der Waals surface area contributed by atoms with Crippen LogP contribution in [0.15, 0.2) is 51.8 Å². The van der Waals surface area contributed by atoms with Gasteiger partial charge in [-0.25, -0.2) is 0 Å². The minimum Gasteiger partial charge on any atom is -0.440 e. The molecule has 0 bridgehead atoms. The Kier molecular flexibility index (Phi) is 4.73. The van der Waals surface area contributed by atoms with Crippen LogP contribution in [-0.2, 0) is 0 Å². The van der Waals surface area contributed by atoms with Gasteiger partial charge in [0, 0.05) is 17.2 Å². The topological polar surface area (TPSA) is 42.2 Å². The highest BCUT2D eigenvalue weighted by Gasteiger charge is 2.09. The molecule has 1 N–H and O–H groups in total. The van der Waals surface area contributed by atoms with Crippen LogP contribution in [0.1, 0.15) is 10.6 Å². The van der Waals surface area contributed by atoms with E-state index in [0.717, 1.165) is 5.75 Å². The van der Waals surface area contributed by atoms with Gasteiger partial charge in [-0.15, -0.1) is 11.8 Å². The minimum absolute atomic E-state index is 0.221. The van der Waals surface area contributed by atoms with Gasteiger partial charge in [-0.2, -0.15) is 0 Å². The molecule has 94 valence electrons. The molecule has 0 aliphatic rings. The molecule has 3 nitrogen and oxygen atoms in total. The highest BCUT2D eigenvalue weighted by molar-refractivity contribution is 7.99. The summed E-state index contributed by atoms with van der Waals surface area (Å²) in [4.78, 5) is 12.8. The number of rotatable bonds is 5. The Morgan fingerprint density at radius 2 is 2.00 bits per heavy atom. The molecule has 0 fully saturated rings. The average Bonchev–Trinajstić information content (AvgIpc) is 2.82. The molecule has 2 aromatic rings. The number of thioether (sulfide) groups is 1. The zero-order valence-corrected chi connectivity index (χ0v) is 11.1. The third-order valence-electron chi connectivity index (χ3n) is 2.20. The van der Waals surface area contributed by atoms with Crippen LogP contribution in [0.3, 0.4) is 0 Å². The molecule has 0 aliphatic heterocycles. The van der Waals surface area contributed by atoms with Crippen molar-refractivity contribution in [2.45, 2.75) is 4.90 Å². The molecule has 0 aliphatic carbocycles. The first-order valence-electron chi connectivity index (χ1n) is 5.47. The summed E-state index contributed by atoms with van der Waals surface area (Å²) in [6.07, 6.45) is 0. The summed E-state index contributed by atoms with van der Waals surface area (Å²) in [5, 5.41) is 2.99. The predicted octanol–water partition coefficient (Wildman–Crippen LogP) is 3.46. The Hall–Kier alpha value is -1.39. The van der Waals surface area contributed by atoms with Crippen molar-refractivity contribution in [2.24, 2.45) is 0 Å². The first-order valence-corrected chi connectivity index (χ1v) is 6.83. The highest BCUT2D eigenvalue weighted by atomic mass is 35.5. The second kappa shape index (κ2) is 6.52. The quantitative estimate of drug-likeness (QED) is 0.674. The van der Waals surface area contributed by atoms with Gasteiger partial charge in [-0.3, -0.25) is 4.79 Å². The number of nitrogens with one attached hydrogen (secondary N) is 1. The zero-order valence-electron chi connectivity index (χ0n) is 9.56. The van der Waals surface area contributed by atoms with Gasteiger partial charge in [0.25, 0.3) is 5.91 Å². The molecule has 0 saturated carbocycles. The molecular weight excluding hydrogens is 270 g/mol. The van der Waals surface area contributed by atoms with Crippen molar-refractivity contribution < 1.29 is 9.21 Å². The van der Waals surface area contributed by atoms with E-state index in [2.05, 4.69) is 5.32 Å². The summed E-state index contributed by atoms with van der Waals surface area (Å²) in [6.45, 7) is 0.580. The van der Waals surface area contributed by atoms with Crippen LogP contribution < -0.4 is 5.32 Å². The van der Waals surface area contributed by atoms with Crippen LogP contribution in [0, 0.1) is 0 Å². The van der Waals surface area contributed by atoms with E-state index in [1.165, 1.54) is 4.90 Å². The molecule has 0 unspecified atom stereocenters. The fourth-order valence-corrected chi connectivity index (χ4v) is 2.31. The molecular formula is C13H12ClNO2S. The first kappa shape index (κ1) is 13.1. The van der Waals surface area contributed by atoms with Crippen LogP contribution in [0.4, 0.5) is 0 Å². The molecule has 1 aromatic heterocycles. The summed E-state index contributed by atoms with van der Waals surface area (Å²) in [5.74, 6) is 0.810. The smallest absolute Gasteiger partial charge is 0.287 e. The highest BCUT2D eigenvalue weighted by Crippen LogP contribution is 2.16. The lowest BCUT2D eigenvalue weighted by Crippen LogP contribution is -2.25. The maximum absolute atomic E-state index is 11.6. The number of benzene rings is 1. The number of hydrogen-bond acceptors (Lipinski definition) is 3. The first-order chi connectivity index (χ1) is 8.75. The molecule has 0 saturated heterocycles. The van der Waals surface area contributed by atoms with Crippen molar-refractivity contribution in [3.05, 3.63) is 53.4 Å². The van der Waals surface area contributed by atoms with Gasteiger partial charge in [-0.05, 0) is 35.9 Å². The molecule has 1 amide bonds. The third-order valence-corrected chi connectivity index (χ3v) is 3.41. The van der Waals surface area contributed by atoms with Gasteiger partial charge in [0.15, 0.2) is 11.0 Å². The van der Waals surface area contributed by atoms with E-state index >= 15 is 0 Å². The van der Waals surface area contributed by atoms with Crippen LogP contribution in [-0.4, -0.2) is 18.2 Å². The molecule has 0 atom stereocenters. The predicted molar refractivity (Wildman–Crippen MR) is 73.2 cm³/mol. The van der Waals surface area contributed by atoms with Gasteiger partial charge >= 0.3 is 0 Å². The van der Waals surface area contributed by atoms with Gasteiger partial charge in [0.2, 0.25) is 0 Å². The van der Waals surface area contributed by atoms with Crippen molar-refractivity contribution in [3.63, 3.8) is 0 Å². The van der Waals surface area contributed by atoms with Crippen LogP contribution in [0.2, 0.25) is 5.22 Å². The number of halogens is 1. The van der Waals surface area contributed by atoms with E-state index in [-0.39, 0.29) is 16.9 Å². The SMILES string of the molecule is O=C(NCCSc1ccccc1)c1ccc(Cl)o1. The van der Waals surface area contributed by atoms with E-state index < -0.39 is 0 Å². The van der Waals surface area contributed by atoms with Crippen molar-refractivity contribution in [3.8, 4) is 0 Å². The molecule has 2 rings (SSSR count). The van der Waals surface area contributed by atoms with Gasteiger partial charge in [0.05, 0.1) is 0 Å². The number of hydrogen-bond donors (Lipinski definition) is 1. The van der Waals surface area contributed by atoms with Crippen molar-refractivity contribution >= 4 is 29.3 Å². The fraction of sp³-hybridized carbons (Fsp3) is 0.154. The van der Waals surface area contributed by atoms with E-state index in [9.17, 15) is 4.79 Å². The maximum atomic E-state index is 11.6. The summed E-state index contributed by atoms with van der Waals surface area (Å²) < 4.78 is 5.01. The summed E-state index contributed by atoms with van der Waals surface area (Å²) in [5.41, 5.74) is 0. The van der Waals surface area contributed by atoms with E-state index in [0.29, 0.717) is 6.54 Å². The monoisotopic (exact) mass is 281 g/mol. The number of furan rings is 1. The Balaban J connectivity index is 1.71. The lowest BCUT2D eigenvalue weighted by Gasteiger charge is -2.03. The Morgan fingerprint density at radius 1 is 1.22 bits per heavy atom. The lowest BCUT2D eigenvalue weighted by atomic mass is 10.4. The van der Waals surface area contributed by atoms with Crippen LogP contribution >= 0.6 is 23.4 Å². The van der Waals surface area contributed by atoms with E-state index in [4.69, 9.17) is 16.0 Å². The Labute approximate surface area is 115 Å². The summed E-state index contributed by atoms with van der Waals surface area (Å²) in [6, 6.07) is 13.2. The van der Waals surface area contributed by atoms with E-state index in [1.807, 2.05) is 30.3 Å². The zero-order chi connectivity index (χ0) is 12.8. The van der Waals surface area contributed by atoms with Crippen molar-refractivity contribution in [1.29, 1.82) is 0 Å². The average molecular weight is 282 g/mol. The molecule has 0 radical (unpaired) electrons. The number of amides is 1. The molecule has 18 heavy (non-hydrogen) atoms. The molecule has 5 heteroatoms. The second-order valence-corrected chi connectivity index (χ2v) is 5.06. The molecule has 1 heterocycles. The number of carbonyl (C=O) groups is 1. The van der Waals surface area contributed by atoms with Gasteiger partial charge < -0.3 is 9.73 Å². The fourth-order valence-electron chi connectivity index (χ4n) is 1.37. The third kappa shape index (κ3) is 3.82. The largest absolute Gasteiger partial charge is 0.440 e. The summed E-state index contributed by atoms with van der Waals surface area (Å²) >= 11 is 7.29. The van der Waals surface area contributed by atoms with Gasteiger partial charge in [-0.1, -0.05) is 18.2 Å². The minimum atomic E-state index is -0.240. The normalized spacial score (nSPS) is 10.3. The van der Waals surface area contributed by atoms with Gasteiger partial charge in [0.1, 0.15) is 0 Å². The second-order valence-electron chi connectivity index (χ2n) is 3.52. The van der Waals surface area contributed by atoms with E-state index in [1.54, 1.807) is 23.9 Å². The molecule has 1 aromatic carbocycles. The van der Waals surface area contributed by atoms with Crippen LogP contribution in [0.25, 0.3) is 0 Å². The lowest BCUT2D eigenvalue weighted by molar-refractivity contribution is 0.0928. The number of carbonyl (C=O) groups excluding carboxylic acids is 1. The maximum Gasteiger partial charge on any atom is 0.287 e. The van der Waals surface area contributed by atoms with Crippen molar-refractivity contribution in [2.75, 3.05) is 12.3 Å². The van der Waals surface area contributed by atoms with Crippen LogP contribution in [0.5, 0.6) is 0 Å². The van der Waals surface area contributed by atoms with Crippen molar-refractivity contribution in [1.82, 2.24) is 5.32 Å². The Morgan fingerprint density at radius 3 is 2.67 bits per heavy atom. The molecule has 0 spiro atoms. The Bertz CT molecular complexity index is 513. The standard InChI is InChI=1S/C13H12ClNO2S/c14-12-7-6-11(17-12)13(16)15-8-9-18-10-4-2-1-3-5-10/h1-7H,8-9H2,(H,15,16).